The molecule has 80 valence electrons. The summed E-state index contributed by atoms with van der Waals surface area (Å²) in [6.45, 7) is 2.99. The summed E-state index contributed by atoms with van der Waals surface area (Å²) in [5, 5.41) is 0. The maximum atomic E-state index is 10.8. The Morgan fingerprint density at radius 1 is 1.57 bits per heavy atom. The Kier molecular flexibility index (Phi) is 5.53. The minimum absolute atomic E-state index is 0.0191. The SMILES string of the molecule is CCCC/C=C/[C@@H](C=O)[C@H]1CCCO1. The number of hydrogen-bond donors (Lipinski definition) is 0. The van der Waals surface area contributed by atoms with Crippen LogP contribution in [0.4, 0.5) is 0 Å². The van der Waals surface area contributed by atoms with E-state index >= 15 is 0 Å². The van der Waals surface area contributed by atoms with Crippen molar-refractivity contribution in [2.24, 2.45) is 5.92 Å². The standard InChI is InChI=1S/C12H20O2/c1-2-3-4-5-7-11(10-13)12-8-6-9-14-12/h5,7,10-12H,2-4,6,8-9H2,1H3/b7-5+/t11-,12+/m0/s1. The van der Waals surface area contributed by atoms with Crippen LogP contribution in [0.2, 0.25) is 0 Å². The number of ether oxygens (including phenoxy) is 1. The molecule has 0 saturated carbocycles. The lowest BCUT2D eigenvalue weighted by atomic mass is 10.0. The summed E-state index contributed by atoms with van der Waals surface area (Å²) in [7, 11) is 0. The highest BCUT2D eigenvalue weighted by Crippen LogP contribution is 2.20. The summed E-state index contributed by atoms with van der Waals surface area (Å²) in [5.74, 6) is -0.0191. The quantitative estimate of drug-likeness (QED) is 0.371. The van der Waals surface area contributed by atoms with E-state index < -0.39 is 0 Å². The van der Waals surface area contributed by atoms with Crippen LogP contribution in [0.1, 0.15) is 39.0 Å². The van der Waals surface area contributed by atoms with E-state index in [1.54, 1.807) is 0 Å². The molecule has 14 heavy (non-hydrogen) atoms. The molecular formula is C12H20O2. The molecule has 0 spiro atoms. The molecule has 0 aromatic rings. The van der Waals surface area contributed by atoms with Crippen LogP contribution < -0.4 is 0 Å². The highest BCUT2D eigenvalue weighted by Gasteiger charge is 2.23. The van der Waals surface area contributed by atoms with Gasteiger partial charge in [0, 0.05) is 6.61 Å². The summed E-state index contributed by atoms with van der Waals surface area (Å²) in [6, 6.07) is 0. The predicted molar refractivity (Wildman–Crippen MR) is 57.2 cm³/mol. The normalized spacial score (nSPS) is 24.2. The molecule has 0 N–H and O–H groups in total. The molecule has 0 bridgehead atoms. The molecule has 0 amide bonds. The zero-order chi connectivity index (χ0) is 10.2. The van der Waals surface area contributed by atoms with Gasteiger partial charge in [-0.1, -0.05) is 31.9 Å². The lowest BCUT2D eigenvalue weighted by Gasteiger charge is -2.12. The number of allylic oxidation sites excluding steroid dienone is 1. The summed E-state index contributed by atoms with van der Waals surface area (Å²) < 4.78 is 5.48. The Balaban J connectivity index is 2.29. The molecule has 2 heteroatoms. The van der Waals surface area contributed by atoms with E-state index in [9.17, 15) is 4.79 Å². The molecule has 2 nitrogen and oxygen atoms in total. The Hall–Kier alpha value is -0.630. The van der Waals surface area contributed by atoms with Gasteiger partial charge >= 0.3 is 0 Å². The van der Waals surface area contributed by atoms with Gasteiger partial charge in [-0.3, -0.25) is 0 Å². The average molecular weight is 196 g/mol. The maximum Gasteiger partial charge on any atom is 0.129 e. The van der Waals surface area contributed by atoms with Gasteiger partial charge in [-0.2, -0.15) is 0 Å². The highest BCUT2D eigenvalue weighted by molar-refractivity contribution is 5.57. The first kappa shape index (κ1) is 11.4. The number of hydrogen-bond acceptors (Lipinski definition) is 2. The first-order valence-corrected chi connectivity index (χ1v) is 5.62. The minimum Gasteiger partial charge on any atom is -0.377 e. The second-order valence-corrected chi connectivity index (χ2v) is 3.84. The molecule has 1 fully saturated rings. The zero-order valence-corrected chi connectivity index (χ0v) is 8.95. The number of carbonyl (C=O) groups is 1. The van der Waals surface area contributed by atoms with Crippen molar-refractivity contribution >= 4 is 6.29 Å². The minimum atomic E-state index is -0.0191. The lowest BCUT2D eigenvalue weighted by molar-refractivity contribution is -0.112. The Bertz CT molecular complexity index is 181. The van der Waals surface area contributed by atoms with Crippen molar-refractivity contribution in [2.45, 2.75) is 45.1 Å². The molecule has 1 saturated heterocycles. The van der Waals surface area contributed by atoms with Crippen LogP contribution in [0.3, 0.4) is 0 Å². The summed E-state index contributed by atoms with van der Waals surface area (Å²) in [4.78, 5) is 10.8. The third-order valence-corrected chi connectivity index (χ3v) is 2.63. The van der Waals surface area contributed by atoms with Crippen molar-refractivity contribution in [3.05, 3.63) is 12.2 Å². The molecular weight excluding hydrogens is 176 g/mol. The largest absolute Gasteiger partial charge is 0.377 e. The van der Waals surface area contributed by atoms with Crippen molar-refractivity contribution in [3.8, 4) is 0 Å². The Morgan fingerprint density at radius 3 is 3.00 bits per heavy atom. The van der Waals surface area contributed by atoms with Gasteiger partial charge in [0.2, 0.25) is 0 Å². The van der Waals surface area contributed by atoms with Crippen LogP contribution in [0.15, 0.2) is 12.2 Å². The summed E-state index contributed by atoms with van der Waals surface area (Å²) in [5.41, 5.74) is 0. The van der Waals surface area contributed by atoms with Gasteiger partial charge in [-0.15, -0.1) is 0 Å². The first-order chi connectivity index (χ1) is 6.88. The Morgan fingerprint density at radius 2 is 2.43 bits per heavy atom. The molecule has 1 aliphatic rings. The first-order valence-electron chi connectivity index (χ1n) is 5.62. The van der Waals surface area contributed by atoms with Gasteiger partial charge in [0.1, 0.15) is 6.29 Å². The Labute approximate surface area is 86.3 Å². The lowest BCUT2D eigenvalue weighted by Crippen LogP contribution is -2.18. The molecule has 1 aliphatic heterocycles. The second-order valence-electron chi connectivity index (χ2n) is 3.84. The number of rotatable bonds is 6. The fourth-order valence-electron chi connectivity index (χ4n) is 1.74. The van der Waals surface area contributed by atoms with Crippen LogP contribution in [0.5, 0.6) is 0 Å². The fourth-order valence-corrected chi connectivity index (χ4v) is 1.74. The molecule has 0 radical (unpaired) electrons. The molecule has 0 aromatic heterocycles. The molecule has 1 rings (SSSR count). The van der Waals surface area contributed by atoms with E-state index in [2.05, 4.69) is 13.0 Å². The van der Waals surface area contributed by atoms with Crippen LogP contribution in [0, 0.1) is 5.92 Å². The van der Waals surface area contributed by atoms with Gasteiger partial charge in [0.15, 0.2) is 0 Å². The summed E-state index contributed by atoms with van der Waals surface area (Å²) in [6.07, 6.45) is 10.9. The van der Waals surface area contributed by atoms with Crippen molar-refractivity contribution in [1.29, 1.82) is 0 Å². The third-order valence-electron chi connectivity index (χ3n) is 2.63. The van der Waals surface area contributed by atoms with Crippen molar-refractivity contribution in [2.75, 3.05) is 6.61 Å². The molecule has 2 atom stereocenters. The van der Waals surface area contributed by atoms with Gasteiger partial charge in [0.05, 0.1) is 12.0 Å². The van der Waals surface area contributed by atoms with E-state index in [0.29, 0.717) is 0 Å². The molecule has 0 unspecified atom stereocenters. The highest BCUT2D eigenvalue weighted by atomic mass is 16.5. The maximum absolute atomic E-state index is 10.8. The smallest absolute Gasteiger partial charge is 0.129 e. The topological polar surface area (TPSA) is 26.3 Å². The third kappa shape index (κ3) is 3.62. The number of aldehydes is 1. The van der Waals surface area contributed by atoms with Gasteiger partial charge in [-0.25, -0.2) is 0 Å². The fraction of sp³-hybridized carbons (Fsp3) is 0.750. The van der Waals surface area contributed by atoms with E-state index in [4.69, 9.17) is 4.74 Å². The van der Waals surface area contributed by atoms with Crippen molar-refractivity contribution in [3.63, 3.8) is 0 Å². The number of carbonyl (C=O) groups excluding carboxylic acids is 1. The van der Waals surface area contributed by atoms with Crippen LogP contribution in [0.25, 0.3) is 0 Å². The van der Waals surface area contributed by atoms with E-state index in [0.717, 1.165) is 32.2 Å². The van der Waals surface area contributed by atoms with Gasteiger partial charge in [-0.05, 0) is 19.3 Å². The monoisotopic (exact) mass is 196 g/mol. The summed E-state index contributed by atoms with van der Waals surface area (Å²) >= 11 is 0. The zero-order valence-electron chi connectivity index (χ0n) is 8.95. The molecule has 0 aliphatic carbocycles. The molecule has 1 heterocycles. The second kappa shape index (κ2) is 6.77. The average Bonchev–Trinajstić information content (AvgIpc) is 2.71. The van der Waals surface area contributed by atoms with Gasteiger partial charge < -0.3 is 9.53 Å². The van der Waals surface area contributed by atoms with E-state index in [1.807, 2.05) is 6.08 Å². The van der Waals surface area contributed by atoms with Gasteiger partial charge in [0.25, 0.3) is 0 Å². The van der Waals surface area contributed by atoms with Crippen LogP contribution in [-0.2, 0) is 9.53 Å². The molecule has 0 aromatic carbocycles. The number of unbranched alkanes of at least 4 members (excludes halogenated alkanes) is 2. The van der Waals surface area contributed by atoms with E-state index in [-0.39, 0.29) is 12.0 Å². The van der Waals surface area contributed by atoms with Crippen molar-refractivity contribution < 1.29 is 9.53 Å². The predicted octanol–water partition coefficient (Wildman–Crippen LogP) is 2.73. The van der Waals surface area contributed by atoms with Crippen LogP contribution in [-0.4, -0.2) is 19.0 Å². The van der Waals surface area contributed by atoms with E-state index in [1.165, 1.54) is 12.8 Å². The van der Waals surface area contributed by atoms with Crippen LogP contribution >= 0.6 is 0 Å². The van der Waals surface area contributed by atoms with Crippen molar-refractivity contribution in [1.82, 2.24) is 0 Å².